The molecule has 134 valence electrons. The van der Waals surface area contributed by atoms with Crippen molar-refractivity contribution >= 4 is 25.8 Å². The summed E-state index contributed by atoms with van der Waals surface area (Å²) in [5, 5.41) is 0. The Hall–Kier alpha value is -1.29. The molecule has 1 fully saturated rings. The normalized spacial score (nSPS) is 18.2. The molecule has 1 aliphatic rings. The van der Waals surface area contributed by atoms with Gasteiger partial charge in [-0.3, -0.25) is 4.79 Å². The molecule has 0 bridgehead atoms. The Morgan fingerprint density at radius 1 is 1.04 bits per heavy atom. The second-order valence-electron chi connectivity index (χ2n) is 5.64. The summed E-state index contributed by atoms with van der Waals surface area (Å²) < 4.78 is 52.2. The van der Waals surface area contributed by atoms with E-state index in [1.54, 1.807) is 13.0 Å². The van der Waals surface area contributed by atoms with Gasteiger partial charge in [0.2, 0.25) is 20.0 Å². The summed E-state index contributed by atoms with van der Waals surface area (Å²) >= 11 is 0. The fourth-order valence-electron chi connectivity index (χ4n) is 2.60. The van der Waals surface area contributed by atoms with Crippen LogP contribution in [0.4, 0.5) is 0 Å². The van der Waals surface area contributed by atoms with Gasteiger partial charge in [0.15, 0.2) is 5.78 Å². The van der Waals surface area contributed by atoms with Crippen molar-refractivity contribution in [2.45, 2.75) is 25.2 Å². The highest BCUT2D eigenvalue weighted by atomic mass is 32.2. The Balaban J connectivity index is 2.24. The van der Waals surface area contributed by atoms with Gasteiger partial charge in [-0.15, -0.1) is 0 Å². The minimum atomic E-state index is -3.76. The molecule has 0 radical (unpaired) electrons. The van der Waals surface area contributed by atoms with Crippen molar-refractivity contribution in [1.82, 2.24) is 8.61 Å². The van der Waals surface area contributed by atoms with Crippen molar-refractivity contribution in [3.63, 3.8) is 0 Å². The van der Waals surface area contributed by atoms with E-state index in [4.69, 9.17) is 0 Å². The number of hydrogen-bond donors (Lipinski definition) is 0. The van der Waals surface area contributed by atoms with Crippen molar-refractivity contribution in [2.24, 2.45) is 0 Å². The molecule has 1 aliphatic heterocycles. The molecule has 2 rings (SSSR count). The van der Waals surface area contributed by atoms with Crippen LogP contribution in [0.1, 0.15) is 30.6 Å². The van der Waals surface area contributed by atoms with Gasteiger partial charge in [-0.2, -0.15) is 4.31 Å². The van der Waals surface area contributed by atoms with E-state index in [2.05, 4.69) is 0 Å². The van der Waals surface area contributed by atoms with Crippen LogP contribution in [0.3, 0.4) is 0 Å². The number of Topliss-reactive ketones (excluding diaryl/α,β-unsaturated/α-hetero) is 1. The van der Waals surface area contributed by atoms with Gasteiger partial charge in [0.05, 0.1) is 10.6 Å². The van der Waals surface area contributed by atoms with Gasteiger partial charge >= 0.3 is 0 Å². The van der Waals surface area contributed by atoms with Crippen molar-refractivity contribution in [3.8, 4) is 0 Å². The highest BCUT2D eigenvalue weighted by molar-refractivity contribution is 7.89. The van der Waals surface area contributed by atoms with Gasteiger partial charge in [0.25, 0.3) is 0 Å². The van der Waals surface area contributed by atoms with Crippen LogP contribution in [0.5, 0.6) is 0 Å². The molecule has 0 atom stereocenters. The first-order valence-electron chi connectivity index (χ1n) is 7.77. The van der Waals surface area contributed by atoms with Crippen LogP contribution in [0, 0.1) is 0 Å². The van der Waals surface area contributed by atoms with Gasteiger partial charge in [-0.1, -0.05) is 12.1 Å². The molecule has 0 amide bonds. The summed E-state index contributed by atoms with van der Waals surface area (Å²) in [6, 6.07) is 5.92. The summed E-state index contributed by atoms with van der Waals surface area (Å²) in [6.45, 7) is 3.76. The largest absolute Gasteiger partial charge is 0.295 e. The Labute approximate surface area is 143 Å². The van der Waals surface area contributed by atoms with Gasteiger partial charge in [0, 0.05) is 31.7 Å². The second-order valence-corrected chi connectivity index (χ2v) is 9.84. The minimum Gasteiger partial charge on any atom is -0.295 e. The van der Waals surface area contributed by atoms with Gasteiger partial charge in [-0.05, 0) is 32.4 Å². The average Bonchev–Trinajstić information content (AvgIpc) is 2.82. The minimum absolute atomic E-state index is 0.000404. The van der Waals surface area contributed by atoms with E-state index in [0.717, 1.165) is 0 Å². The van der Waals surface area contributed by atoms with E-state index in [1.165, 1.54) is 33.7 Å². The molecule has 1 saturated heterocycles. The molecule has 0 saturated carbocycles. The van der Waals surface area contributed by atoms with Crippen LogP contribution in [-0.4, -0.2) is 63.2 Å². The average molecular weight is 374 g/mol. The molecule has 0 unspecified atom stereocenters. The molecule has 0 N–H and O–H groups in total. The zero-order valence-corrected chi connectivity index (χ0v) is 15.4. The first kappa shape index (κ1) is 19.0. The lowest BCUT2D eigenvalue weighted by atomic mass is 10.2. The topological polar surface area (TPSA) is 91.8 Å². The maximum Gasteiger partial charge on any atom is 0.243 e. The smallest absolute Gasteiger partial charge is 0.243 e. The molecule has 1 aromatic rings. The lowest BCUT2D eigenvalue weighted by molar-refractivity contribution is 0.101. The first-order chi connectivity index (χ1) is 11.2. The molecular weight excluding hydrogens is 352 g/mol. The second kappa shape index (κ2) is 7.30. The molecule has 9 heteroatoms. The molecule has 1 aromatic carbocycles. The zero-order chi connectivity index (χ0) is 18.0. The molecule has 0 aliphatic carbocycles. The summed E-state index contributed by atoms with van der Waals surface area (Å²) in [7, 11) is -7.09. The van der Waals surface area contributed by atoms with Crippen LogP contribution in [-0.2, 0) is 20.0 Å². The maximum atomic E-state index is 12.8. The zero-order valence-electron chi connectivity index (χ0n) is 13.8. The van der Waals surface area contributed by atoms with E-state index in [9.17, 15) is 21.6 Å². The predicted octanol–water partition coefficient (Wildman–Crippen LogP) is 0.935. The van der Waals surface area contributed by atoms with Gasteiger partial charge < -0.3 is 0 Å². The number of ketones is 1. The maximum absolute atomic E-state index is 12.8. The van der Waals surface area contributed by atoms with Crippen molar-refractivity contribution in [3.05, 3.63) is 29.8 Å². The summed E-state index contributed by atoms with van der Waals surface area (Å²) in [6.07, 6.45) is 0.435. The quantitative estimate of drug-likeness (QED) is 0.715. The highest BCUT2D eigenvalue weighted by Crippen LogP contribution is 2.20. The van der Waals surface area contributed by atoms with Crippen LogP contribution in [0.2, 0.25) is 0 Å². The third-order valence-corrected chi connectivity index (χ3v) is 7.83. The van der Waals surface area contributed by atoms with Gasteiger partial charge in [-0.25, -0.2) is 21.1 Å². The lowest BCUT2D eigenvalue weighted by Gasteiger charge is -2.21. The highest BCUT2D eigenvalue weighted by Gasteiger charge is 2.30. The number of nitrogens with zero attached hydrogens (tertiary/aromatic N) is 2. The number of sulfonamides is 2. The summed E-state index contributed by atoms with van der Waals surface area (Å²) in [5.74, 6) is -0.205. The summed E-state index contributed by atoms with van der Waals surface area (Å²) in [5.41, 5.74) is 0.334. The van der Waals surface area contributed by atoms with Gasteiger partial charge in [0.1, 0.15) is 0 Å². The van der Waals surface area contributed by atoms with E-state index < -0.39 is 20.0 Å². The number of carbonyl (C=O) groups is 1. The number of rotatable bonds is 5. The molecule has 1 heterocycles. The fourth-order valence-corrected chi connectivity index (χ4v) is 5.24. The van der Waals surface area contributed by atoms with E-state index in [-0.39, 0.29) is 36.1 Å². The van der Waals surface area contributed by atoms with Crippen LogP contribution in [0.25, 0.3) is 0 Å². The Kier molecular flexibility index (Phi) is 5.79. The van der Waals surface area contributed by atoms with E-state index in [0.29, 0.717) is 18.5 Å². The molecule has 24 heavy (non-hydrogen) atoms. The Bertz CT molecular complexity index is 818. The van der Waals surface area contributed by atoms with Crippen molar-refractivity contribution in [2.75, 3.05) is 31.9 Å². The lowest BCUT2D eigenvalue weighted by Crippen LogP contribution is -2.37. The number of benzene rings is 1. The van der Waals surface area contributed by atoms with E-state index >= 15 is 0 Å². The SMILES string of the molecule is CCS(=O)(=O)N1CCCN(S(=O)(=O)c2cccc(C(C)=O)c2)CC1. The standard InChI is InChI=1S/C15H22N2O5S2/c1-3-23(19,20)16-8-5-9-17(11-10-16)24(21,22)15-7-4-6-14(12-15)13(2)18/h4,6-7,12H,3,5,8-11H2,1-2H3. The van der Waals surface area contributed by atoms with E-state index in [1.807, 2.05) is 0 Å². The molecule has 0 spiro atoms. The number of carbonyl (C=O) groups excluding carboxylic acids is 1. The van der Waals surface area contributed by atoms with Crippen LogP contribution < -0.4 is 0 Å². The molecule has 7 nitrogen and oxygen atoms in total. The Morgan fingerprint density at radius 2 is 1.67 bits per heavy atom. The van der Waals surface area contributed by atoms with Crippen molar-refractivity contribution < 1.29 is 21.6 Å². The third kappa shape index (κ3) is 4.02. The van der Waals surface area contributed by atoms with Crippen molar-refractivity contribution in [1.29, 1.82) is 0 Å². The van der Waals surface area contributed by atoms with Crippen LogP contribution >= 0.6 is 0 Å². The number of hydrogen-bond acceptors (Lipinski definition) is 5. The first-order valence-corrected chi connectivity index (χ1v) is 10.8. The predicted molar refractivity (Wildman–Crippen MR) is 90.9 cm³/mol. The third-order valence-electron chi connectivity index (χ3n) is 4.05. The molecular formula is C15H22N2O5S2. The molecule has 0 aromatic heterocycles. The Morgan fingerprint density at radius 3 is 2.29 bits per heavy atom. The monoisotopic (exact) mass is 374 g/mol. The summed E-state index contributed by atoms with van der Waals surface area (Å²) in [4.78, 5) is 11.5. The van der Waals surface area contributed by atoms with Crippen LogP contribution in [0.15, 0.2) is 29.2 Å². The fraction of sp³-hybridized carbons (Fsp3) is 0.533.